The van der Waals surface area contributed by atoms with Gasteiger partial charge in [0.05, 0.1) is 12.6 Å². The van der Waals surface area contributed by atoms with E-state index < -0.39 is 0 Å². The molecular weight excluding hydrogens is 468 g/mol. The van der Waals surface area contributed by atoms with E-state index >= 15 is 0 Å². The summed E-state index contributed by atoms with van der Waals surface area (Å²) in [6.07, 6.45) is 12.0. The number of thiocarbonyl (C=S) groups is 1. The van der Waals surface area contributed by atoms with E-state index in [1.54, 1.807) is 12.4 Å². The Labute approximate surface area is 221 Å². The van der Waals surface area contributed by atoms with Gasteiger partial charge in [-0.05, 0) is 82.2 Å². The summed E-state index contributed by atoms with van der Waals surface area (Å²) in [6.45, 7) is 12.6. The highest BCUT2D eigenvalue weighted by Crippen LogP contribution is 2.22. The molecule has 0 radical (unpaired) electrons. The molecule has 36 heavy (non-hydrogen) atoms. The van der Waals surface area contributed by atoms with Gasteiger partial charge in [-0.1, -0.05) is 26.0 Å². The number of nitrogens with one attached hydrogen (secondary N) is 4. The average molecular weight is 511 g/mol. The zero-order chi connectivity index (χ0) is 25.6. The van der Waals surface area contributed by atoms with Gasteiger partial charge in [-0.15, -0.1) is 0 Å². The lowest BCUT2D eigenvalue weighted by atomic mass is 10.1. The van der Waals surface area contributed by atoms with Crippen LogP contribution in [0.2, 0.25) is 0 Å². The zero-order valence-electron chi connectivity index (χ0n) is 22.0. The van der Waals surface area contributed by atoms with Gasteiger partial charge in [0.1, 0.15) is 11.6 Å². The van der Waals surface area contributed by atoms with Crippen LogP contribution in [0.5, 0.6) is 0 Å². The Hall–Kier alpha value is -2.75. The summed E-state index contributed by atoms with van der Waals surface area (Å²) in [4.78, 5) is 20.2. The van der Waals surface area contributed by atoms with Crippen molar-refractivity contribution in [2.75, 3.05) is 31.5 Å². The fraction of sp³-hybridized carbons (Fsp3) is 0.519. The maximum absolute atomic E-state index is 5.51. The summed E-state index contributed by atoms with van der Waals surface area (Å²) in [6, 6.07) is 8.57. The molecule has 2 aromatic heterocycles. The Bertz CT molecular complexity index is 966. The molecule has 0 amide bonds. The van der Waals surface area contributed by atoms with Gasteiger partial charge in [-0.2, -0.15) is 0 Å². The number of aromatic nitrogens is 4. The molecule has 2 heterocycles. The number of rotatable bonds is 16. The van der Waals surface area contributed by atoms with Crippen LogP contribution in [0.3, 0.4) is 0 Å². The predicted molar refractivity (Wildman–Crippen MR) is 152 cm³/mol. The van der Waals surface area contributed by atoms with E-state index in [2.05, 4.69) is 85.4 Å². The van der Waals surface area contributed by atoms with E-state index in [0.717, 1.165) is 36.8 Å². The molecule has 0 aliphatic heterocycles. The molecule has 0 aliphatic carbocycles. The van der Waals surface area contributed by atoms with Crippen LogP contribution in [0.4, 0.5) is 5.69 Å². The van der Waals surface area contributed by atoms with Crippen LogP contribution in [0.1, 0.15) is 69.7 Å². The van der Waals surface area contributed by atoms with Crippen LogP contribution < -0.4 is 10.6 Å². The molecule has 3 rings (SSSR count). The van der Waals surface area contributed by atoms with Gasteiger partial charge in [-0.25, -0.2) is 9.97 Å². The highest BCUT2D eigenvalue weighted by molar-refractivity contribution is 7.80. The third kappa shape index (κ3) is 9.37. The summed E-state index contributed by atoms with van der Waals surface area (Å²) < 4.78 is 0. The normalized spacial score (nSPS) is 12.2. The molecule has 0 saturated heterocycles. The fourth-order valence-electron chi connectivity index (χ4n) is 4.32. The Morgan fingerprint density at radius 3 is 2.31 bits per heavy atom. The van der Waals surface area contributed by atoms with Crippen molar-refractivity contribution in [3.05, 3.63) is 66.3 Å². The smallest absolute Gasteiger partial charge is 0.170 e. The zero-order valence-corrected chi connectivity index (χ0v) is 22.8. The Kier molecular flexibility index (Phi) is 11.9. The van der Waals surface area contributed by atoms with Gasteiger partial charge in [-0.3, -0.25) is 4.90 Å². The first-order valence-corrected chi connectivity index (χ1v) is 13.6. The van der Waals surface area contributed by atoms with Gasteiger partial charge in [0.2, 0.25) is 0 Å². The molecule has 1 unspecified atom stereocenters. The molecule has 1 aromatic carbocycles. The van der Waals surface area contributed by atoms with E-state index in [9.17, 15) is 0 Å². The summed E-state index contributed by atoms with van der Waals surface area (Å²) in [5.74, 6) is 1.88. The van der Waals surface area contributed by atoms with Crippen molar-refractivity contribution in [1.82, 2.24) is 35.1 Å². The van der Waals surface area contributed by atoms with Crippen molar-refractivity contribution in [3.8, 4) is 0 Å². The van der Waals surface area contributed by atoms with E-state index in [0.29, 0.717) is 11.7 Å². The number of imidazole rings is 2. The van der Waals surface area contributed by atoms with Gasteiger partial charge in [0.15, 0.2) is 5.11 Å². The first-order valence-electron chi connectivity index (χ1n) is 13.2. The first-order chi connectivity index (χ1) is 17.6. The van der Waals surface area contributed by atoms with E-state index in [1.807, 2.05) is 12.4 Å². The lowest BCUT2D eigenvalue weighted by Gasteiger charge is -2.27. The molecule has 9 heteroatoms. The second kappa shape index (κ2) is 15.4. The van der Waals surface area contributed by atoms with Crippen LogP contribution in [-0.4, -0.2) is 61.0 Å². The molecular formula is C27H42N8S. The van der Waals surface area contributed by atoms with Crippen LogP contribution in [0, 0.1) is 0 Å². The van der Waals surface area contributed by atoms with E-state index in [4.69, 9.17) is 12.2 Å². The van der Waals surface area contributed by atoms with Crippen molar-refractivity contribution in [2.45, 2.75) is 65.6 Å². The third-order valence-corrected chi connectivity index (χ3v) is 6.48. The molecule has 196 valence electrons. The third-order valence-electron chi connectivity index (χ3n) is 6.23. The van der Waals surface area contributed by atoms with Crippen LogP contribution in [0.25, 0.3) is 0 Å². The van der Waals surface area contributed by atoms with E-state index in [1.165, 1.54) is 44.5 Å². The standard InChI is InChI=1S/C27H42N8S/c1-4-17-34(18-5-2)19-7-6-12-32-27(36)33-24-10-8-23(9-11-24)20-35(21-25-28-13-14-29-25)22(3)26-30-15-16-31-26/h8-11,13-16,22H,4-7,12,17-21H2,1-3H3,(H,28,29)(H,30,31)(H2,32,33,36). The van der Waals surface area contributed by atoms with Crippen LogP contribution in [-0.2, 0) is 13.1 Å². The van der Waals surface area contributed by atoms with Gasteiger partial charge in [0.25, 0.3) is 0 Å². The number of hydrogen-bond acceptors (Lipinski definition) is 5. The van der Waals surface area contributed by atoms with Crippen LogP contribution >= 0.6 is 12.2 Å². The van der Waals surface area contributed by atoms with Crippen molar-refractivity contribution >= 4 is 23.0 Å². The van der Waals surface area contributed by atoms with Gasteiger partial charge < -0.3 is 25.5 Å². The second-order valence-corrected chi connectivity index (χ2v) is 9.63. The highest BCUT2D eigenvalue weighted by atomic mass is 32.1. The molecule has 0 saturated carbocycles. The SMILES string of the molecule is CCCN(CCC)CCCCNC(=S)Nc1ccc(CN(Cc2ncc[nH]2)C(C)c2ncc[nH]2)cc1. The first kappa shape index (κ1) is 27.8. The summed E-state index contributed by atoms with van der Waals surface area (Å²) in [5, 5.41) is 7.33. The molecule has 4 N–H and O–H groups in total. The number of benzene rings is 1. The Morgan fingerprint density at radius 2 is 1.67 bits per heavy atom. The van der Waals surface area contributed by atoms with Crippen molar-refractivity contribution < 1.29 is 0 Å². The number of nitrogens with zero attached hydrogens (tertiary/aromatic N) is 4. The largest absolute Gasteiger partial charge is 0.362 e. The predicted octanol–water partition coefficient (Wildman–Crippen LogP) is 5.08. The fourth-order valence-corrected chi connectivity index (χ4v) is 4.54. The molecule has 3 aromatic rings. The Morgan fingerprint density at radius 1 is 0.944 bits per heavy atom. The minimum atomic E-state index is 0.121. The van der Waals surface area contributed by atoms with Crippen LogP contribution in [0.15, 0.2) is 49.1 Å². The monoisotopic (exact) mass is 510 g/mol. The lowest BCUT2D eigenvalue weighted by Crippen LogP contribution is -2.30. The number of aromatic amines is 2. The summed E-state index contributed by atoms with van der Waals surface area (Å²) >= 11 is 5.51. The molecule has 1 atom stereocenters. The van der Waals surface area contributed by atoms with E-state index in [-0.39, 0.29) is 6.04 Å². The maximum atomic E-state index is 5.51. The topological polar surface area (TPSA) is 87.9 Å². The number of unbranched alkanes of at least 4 members (excludes halogenated alkanes) is 1. The molecule has 0 aliphatic rings. The molecule has 0 bridgehead atoms. The average Bonchev–Trinajstić information content (AvgIpc) is 3.59. The number of hydrogen-bond donors (Lipinski definition) is 4. The quantitative estimate of drug-likeness (QED) is 0.158. The van der Waals surface area contributed by atoms with Crippen molar-refractivity contribution in [1.29, 1.82) is 0 Å². The van der Waals surface area contributed by atoms with Gasteiger partial charge >= 0.3 is 0 Å². The highest BCUT2D eigenvalue weighted by Gasteiger charge is 2.19. The maximum Gasteiger partial charge on any atom is 0.170 e. The minimum Gasteiger partial charge on any atom is -0.362 e. The van der Waals surface area contributed by atoms with Gasteiger partial charge in [0, 0.05) is 43.6 Å². The molecule has 0 fully saturated rings. The molecule has 0 spiro atoms. The molecule has 8 nitrogen and oxygen atoms in total. The summed E-state index contributed by atoms with van der Waals surface area (Å²) in [7, 11) is 0. The Balaban J connectivity index is 1.45. The lowest BCUT2D eigenvalue weighted by molar-refractivity contribution is 0.181. The van der Waals surface area contributed by atoms with Crippen molar-refractivity contribution in [2.24, 2.45) is 0 Å². The number of H-pyrrole nitrogens is 2. The van der Waals surface area contributed by atoms with Crippen molar-refractivity contribution in [3.63, 3.8) is 0 Å². The summed E-state index contributed by atoms with van der Waals surface area (Å²) in [5.41, 5.74) is 2.21. The minimum absolute atomic E-state index is 0.121. The number of anilines is 1. The second-order valence-electron chi connectivity index (χ2n) is 9.22.